The molecule has 2 aromatic heterocycles. The number of thioether (sulfide) groups is 1. The zero-order valence-electron chi connectivity index (χ0n) is 13.9. The maximum Gasteiger partial charge on any atom is 0.234 e. The highest BCUT2D eigenvalue weighted by atomic mass is 32.2. The topological polar surface area (TPSA) is 59.8 Å². The second-order valence-corrected chi connectivity index (χ2v) is 6.75. The first kappa shape index (κ1) is 16.4. The fraction of sp³-hybridized carbons (Fsp3) is 0.0500. The highest BCUT2D eigenvalue weighted by Crippen LogP contribution is 2.23. The van der Waals surface area contributed by atoms with Crippen LogP contribution >= 0.6 is 11.8 Å². The number of aromatic nitrogens is 3. The number of hydrogen-bond donors (Lipinski definition) is 1. The fourth-order valence-electron chi connectivity index (χ4n) is 2.60. The first-order valence-electron chi connectivity index (χ1n) is 8.15. The molecular formula is C20H16N4OS. The Morgan fingerprint density at radius 1 is 1.04 bits per heavy atom. The molecule has 0 unspecified atom stereocenters. The van der Waals surface area contributed by atoms with Crippen LogP contribution < -0.4 is 5.32 Å². The largest absolute Gasteiger partial charge is 0.324 e. The van der Waals surface area contributed by atoms with Gasteiger partial charge in [0.05, 0.1) is 17.6 Å². The molecular weight excluding hydrogens is 344 g/mol. The van der Waals surface area contributed by atoms with Gasteiger partial charge >= 0.3 is 0 Å². The number of carbonyl (C=O) groups is 1. The van der Waals surface area contributed by atoms with Crippen molar-refractivity contribution in [2.75, 3.05) is 11.1 Å². The predicted molar refractivity (Wildman–Crippen MR) is 105 cm³/mol. The van der Waals surface area contributed by atoms with Crippen molar-refractivity contribution in [3.05, 3.63) is 79.3 Å². The van der Waals surface area contributed by atoms with E-state index in [2.05, 4.69) is 39.7 Å². The van der Waals surface area contributed by atoms with Crippen molar-refractivity contribution < 1.29 is 4.79 Å². The number of benzene rings is 2. The van der Waals surface area contributed by atoms with Gasteiger partial charge in [-0.25, -0.2) is 9.67 Å². The standard InChI is InChI=1S/C20H16N4OS/c25-20(14-26-18-8-6-15-4-1-2-5-16(15)12-18)23-17-7-9-19(21-13-17)24-11-3-10-22-24/h1-13H,14H2,(H,23,25). The minimum absolute atomic E-state index is 0.0585. The first-order chi connectivity index (χ1) is 12.8. The highest BCUT2D eigenvalue weighted by Gasteiger charge is 2.06. The Labute approximate surface area is 155 Å². The molecule has 2 aromatic carbocycles. The molecule has 0 saturated heterocycles. The van der Waals surface area contributed by atoms with E-state index in [1.165, 1.54) is 22.5 Å². The lowest BCUT2D eigenvalue weighted by molar-refractivity contribution is -0.113. The molecule has 0 fully saturated rings. The fourth-order valence-corrected chi connectivity index (χ4v) is 3.35. The molecule has 0 spiro atoms. The molecule has 0 aliphatic carbocycles. The lowest BCUT2D eigenvalue weighted by Crippen LogP contribution is -2.14. The Kier molecular flexibility index (Phi) is 4.66. The van der Waals surface area contributed by atoms with Gasteiger partial charge < -0.3 is 5.32 Å². The van der Waals surface area contributed by atoms with E-state index in [1.807, 2.05) is 42.6 Å². The van der Waals surface area contributed by atoms with Crippen LogP contribution in [-0.4, -0.2) is 26.4 Å². The zero-order valence-corrected chi connectivity index (χ0v) is 14.7. The quantitative estimate of drug-likeness (QED) is 0.543. The van der Waals surface area contributed by atoms with Crippen molar-refractivity contribution in [1.29, 1.82) is 0 Å². The van der Waals surface area contributed by atoms with Gasteiger partial charge in [-0.2, -0.15) is 5.10 Å². The molecule has 128 valence electrons. The monoisotopic (exact) mass is 360 g/mol. The van der Waals surface area contributed by atoms with E-state index in [4.69, 9.17) is 0 Å². The summed E-state index contributed by atoms with van der Waals surface area (Å²) in [6.07, 6.45) is 5.15. The van der Waals surface area contributed by atoms with Crippen LogP contribution in [-0.2, 0) is 4.79 Å². The minimum atomic E-state index is -0.0585. The molecule has 0 aliphatic rings. The molecule has 4 rings (SSSR count). The van der Waals surface area contributed by atoms with Crippen LogP contribution in [0.15, 0.2) is 84.1 Å². The summed E-state index contributed by atoms with van der Waals surface area (Å²) in [6, 6.07) is 19.9. The second-order valence-electron chi connectivity index (χ2n) is 5.70. The molecule has 1 N–H and O–H groups in total. The molecule has 1 amide bonds. The van der Waals surface area contributed by atoms with Crippen molar-refractivity contribution in [1.82, 2.24) is 14.8 Å². The molecule has 0 radical (unpaired) electrons. The molecule has 0 aliphatic heterocycles. The van der Waals surface area contributed by atoms with E-state index in [0.717, 1.165) is 4.90 Å². The number of fused-ring (bicyclic) bond motifs is 1. The maximum atomic E-state index is 12.2. The van der Waals surface area contributed by atoms with Crippen molar-refractivity contribution >= 4 is 34.1 Å². The molecule has 0 saturated carbocycles. The lowest BCUT2D eigenvalue weighted by atomic mass is 10.1. The second kappa shape index (κ2) is 7.41. The Morgan fingerprint density at radius 3 is 2.69 bits per heavy atom. The van der Waals surface area contributed by atoms with Crippen LogP contribution in [0.1, 0.15) is 0 Å². The third kappa shape index (κ3) is 3.75. The van der Waals surface area contributed by atoms with Gasteiger partial charge in [-0.1, -0.05) is 30.3 Å². The Hall–Kier alpha value is -3.12. The van der Waals surface area contributed by atoms with Crippen LogP contribution in [0, 0.1) is 0 Å². The Bertz CT molecular complexity index is 1030. The zero-order chi connectivity index (χ0) is 17.8. The van der Waals surface area contributed by atoms with Gasteiger partial charge in [0.1, 0.15) is 0 Å². The smallest absolute Gasteiger partial charge is 0.234 e. The van der Waals surface area contributed by atoms with Crippen LogP contribution in [0.25, 0.3) is 16.6 Å². The number of carbonyl (C=O) groups excluding carboxylic acids is 1. The lowest BCUT2D eigenvalue weighted by Gasteiger charge is -2.07. The minimum Gasteiger partial charge on any atom is -0.324 e. The van der Waals surface area contributed by atoms with Crippen LogP contribution in [0.3, 0.4) is 0 Å². The van der Waals surface area contributed by atoms with Gasteiger partial charge in [0.2, 0.25) is 5.91 Å². The maximum absolute atomic E-state index is 12.2. The Morgan fingerprint density at radius 2 is 1.92 bits per heavy atom. The van der Waals surface area contributed by atoms with Gasteiger partial charge in [0.25, 0.3) is 0 Å². The molecule has 4 aromatic rings. The molecule has 5 nitrogen and oxygen atoms in total. The SMILES string of the molecule is O=C(CSc1ccc2ccccc2c1)Nc1ccc(-n2cccn2)nc1. The number of nitrogens with zero attached hydrogens (tertiary/aromatic N) is 3. The van der Waals surface area contributed by atoms with Crippen molar-refractivity contribution in [2.45, 2.75) is 4.90 Å². The van der Waals surface area contributed by atoms with Crippen molar-refractivity contribution in [2.24, 2.45) is 0 Å². The molecule has 2 heterocycles. The van der Waals surface area contributed by atoms with E-state index >= 15 is 0 Å². The summed E-state index contributed by atoms with van der Waals surface area (Å²) in [5.41, 5.74) is 0.671. The average Bonchev–Trinajstić information content (AvgIpc) is 3.22. The summed E-state index contributed by atoms with van der Waals surface area (Å²) in [7, 11) is 0. The summed E-state index contributed by atoms with van der Waals surface area (Å²) >= 11 is 1.52. The van der Waals surface area contributed by atoms with Crippen molar-refractivity contribution in [3.63, 3.8) is 0 Å². The van der Waals surface area contributed by atoms with E-state index in [1.54, 1.807) is 17.1 Å². The van der Waals surface area contributed by atoms with E-state index < -0.39 is 0 Å². The number of nitrogens with one attached hydrogen (secondary N) is 1. The summed E-state index contributed by atoms with van der Waals surface area (Å²) in [4.78, 5) is 17.6. The van der Waals surface area contributed by atoms with Crippen LogP contribution in [0.4, 0.5) is 5.69 Å². The third-order valence-corrected chi connectivity index (χ3v) is 4.86. The third-order valence-electron chi connectivity index (χ3n) is 3.86. The number of amides is 1. The average molecular weight is 360 g/mol. The summed E-state index contributed by atoms with van der Waals surface area (Å²) in [5.74, 6) is 0.995. The number of anilines is 1. The van der Waals surface area contributed by atoms with E-state index in [-0.39, 0.29) is 5.91 Å². The summed E-state index contributed by atoms with van der Waals surface area (Å²) in [6.45, 7) is 0. The van der Waals surface area contributed by atoms with Gasteiger partial charge in [0.15, 0.2) is 5.82 Å². The summed E-state index contributed by atoms with van der Waals surface area (Å²) in [5, 5.41) is 9.37. The number of hydrogen-bond acceptors (Lipinski definition) is 4. The van der Waals surface area contributed by atoms with Gasteiger partial charge in [-0.15, -0.1) is 11.8 Å². The Balaban J connectivity index is 1.36. The van der Waals surface area contributed by atoms with Gasteiger partial charge in [-0.05, 0) is 41.1 Å². The first-order valence-corrected chi connectivity index (χ1v) is 9.14. The molecule has 6 heteroatoms. The van der Waals surface area contributed by atoms with E-state index in [9.17, 15) is 4.79 Å². The highest BCUT2D eigenvalue weighted by molar-refractivity contribution is 8.00. The predicted octanol–water partition coefficient (Wildman–Crippen LogP) is 4.15. The van der Waals surface area contributed by atoms with Crippen LogP contribution in [0.2, 0.25) is 0 Å². The summed E-state index contributed by atoms with van der Waals surface area (Å²) < 4.78 is 1.67. The molecule has 26 heavy (non-hydrogen) atoms. The number of rotatable bonds is 5. The normalized spacial score (nSPS) is 10.8. The van der Waals surface area contributed by atoms with E-state index in [0.29, 0.717) is 17.3 Å². The van der Waals surface area contributed by atoms with Gasteiger partial charge in [-0.3, -0.25) is 4.79 Å². The number of pyridine rings is 1. The van der Waals surface area contributed by atoms with Gasteiger partial charge in [0, 0.05) is 17.3 Å². The van der Waals surface area contributed by atoms with Crippen LogP contribution in [0.5, 0.6) is 0 Å². The van der Waals surface area contributed by atoms with Crippen molar-refractivity contribution in [3.8, 4) is 5.82 Å². The molecule has 0 bridgehead atoms. The molecule has 0 atom stereocenters.